The Bertz CT molecular complexity index is 408. The molecule has 5 nitrogen and oxygen atoms in total. The first kappa shape index (κ1) is 11.9. The van der Waals surface area contributed by atoms with Crippen LogP contribution in [0.5, 0.6) is 0 Å². The SMILES string of the molecule is NCC1CCCN(c2cccc([N+](=O)[O-])c2)C1. The molecule has 2 rings (SSSR count). The molecule has 0 radical (unpaired) electrons. The van der Waals surface area contributed by atoms with Gasteiger partial charge in [0.25, 0.3) is 5.69 Å². The summed E-state index contributed by atoms with van der Waals surface area (Å²) in [5.74, 6) is 0.503. The molecule has 1 aromatic carbocycles. The summed E-state index contributed by atoms with van der Waals surface area (Å²) in [6.07, 6.45) is 2.26. The summed E-state index contributed by atoms with van der Waals surface area (Å²) in [6.45, 7) is 2.54. The molecule has 0 aromatic heterocycles. The van der Waals surface area contributed by atoms with E-state index < -0.39 is 0 Å². The second-order valence-electron chi connectivity index (χ2n) is 4.47. The number of benzene rings is 1. The molecule has 1 heterocycles. The Morgan fingerprint density at radius 3 is 3.06 bits per heavy atom. The van der Waals surface area contributed by atoms with E-state index in [-0.39, 0.29) is 10.6 Å². The lowest BCUT2D eigenvalue weighted by Crippen LogP contribution is -2.38. The van der Waals surface area contributed by atoms with E-state index in [1.54, 1.807) is 12.1 Å². The molecule has 0 aliphatic carbocycles. The van der Waals surface area contributed by atoms with Gasteiger partial charge in [-0.2, -0.15) is 0 Å². The third kappa shape index (κ3) is 2.74. The van der Waals surface area contributed by atoms with Crippen LogP contribution in [0.2, 0.25) is 0 Å². The second kappa shape index (κ2) is 5.14. The van der Waals surface area contributed by atoms with Gasteiger partial charge in [-0.3, -0.25) is 10.1 Å². The Hall–Kier alpha value is -1.62. The summed E-state index contributed by atoms with van der Waals surface area (Å²) in [4.78, 5) is 12.6. The van der Waals surface area contributed by atoms with Gasteiger partial charge >= 0.3 is 0 Å². The van der Waals surface area contributed by atoms with Crippen LogP contribution in [0.1, 0.15) is 12.8 Å². The van der Waals surface area contributed by atoms with Crippen molar-refractivity contribution in [2.75, 3.05) is 24.5 Å². The van der Waals surface area contributed by atoms with Crippen LogP contribution in [-0.4, -0.2) is 24.6 Å². The van der Waals surface area contributed by atoms with Crippen molar-refractivity contribution in [3.8, 4) is 0 Å². The molecule has 1 atom stereocenters. The summed E-state index contributed by atoms with van der Waals surface area (Å²) in [5, 5.41) is 10.7. The first-order chi connectivity index (χ1) is 8.20. The molecular weight excluding hydrogens is 218 g/mol. The Balaban J connectivity index is 2.16. The van der Waals surface area contributed by atoms with E-state index in [9.17, 15) is 10.1 Å². The lowest BCUT2D eigenvalue weighted by atomic mass is 9.98. The van der Waals surface area contributed by atoms with E-state index >= 15 is 0 Å². The van der Waals surface area contributed by atoms with E-state index in [1.165, 1.54) is 6.07 Å². The fourth-order valence-corrected chi connectivity index (χ4v) is 2.30. The first-order valence-corrected chi connectivity index (χ1v) is 5.90. The number of nitrogens with zero attached hydrogens (tertiary/aromatic N) is 2. The highest BCUT2D eigenvalue weighted by molar-refractivity contribution is 5.53. The smallest absolute Gasteiger partial charge is 0.271 e. The van der Waals surface area contributed by atoms with Crippen LogP contribution in [0.4, 0.5) is 11.4 Å². The zero-order chi connectivity index (χ0) is 12.3. The zero-order valence-corrected chi connectivity index (χ0v) is 9.71. The third-order valence-corrected chi connectivity index (χ3v) is 3.26. The predicted molar refractivity (Wildman–Crippen MR) is 67.1 cm³/mol. The number of anilines is 1. The fourth-order valence-electron chi connectivity index (χ4n) is 2.30. The van der Waals surface area contributed by atoms with E-state index in [1.807, 2.05) is 6.07 Å². The summed E-state index contributed by atoms with van der Waals surface area (Å²) >= 11 is 0. The molecule has 1 aliphatic heterocycles. The van der Waals surface area contributed by atoms with E-state index in [0.29, 0.717) is 12.5 Å². The normalized spacial score (nSPS) is 20.3. The number of hydrogen-bond donors (Lipinski definition) is 1. The number of nitro benzene ring substituents is 1. The van der Waals surface area contributed by atoms with E-state index in [0.717, 1.165) is 31.6 Å². The number of piperidine rings is 1. The molecule has 2 N–H and O–H groups in total. The molecule has 0 amide bonds. The van der Waals surface area contributed by atoms with Crippen molar-refractivity contribution in [2.45, 2.75) is 12.8 Å². The number of hydrogen-bond acceptors (Lipinski definition) is 4. The summed E-state index contributed by atoms with van der Waals surface area (Å²) in [7, 11) is 0. The molecule has 1 aromatic rings. The number of nitro groups is 1. The van der Waals surface area contributed by atoms with Crippen molar-refractivity contribution in [3.63, 3.8) is 0 Å². The molecule has 0 bridgehead atoms. The molecular formula is C12H17N3O2. The van der Waals surface area contributed by atoms with Crippen LogP contribution >= 0.6 is 0 Å². The zero-order valence-electron chi connectivity index (χ0n) is 9.71. The highest BCUT2D eigenvalue weighted by atomic mass is 16.6. The molecule has 1 fully saturated rings. The van der Waals surface area contributed by atoms with Crippen LogP contribution in [0.25, 0.3) is 0 Å². The third-order valence-electron chi connectivity index (χ3n) is 3.26. The monoisotopic (exact) mass is 235 g/mol. The molecule has 92 valence electrons. The lowest BCUT2D eigenvalue weighted by molar-refractivity contribution is -0.384. The summed E-state index contributed by atoms with van der Waals surface area (Å²) < 4.78 is 0. The molecule has 0 saturated carbocycles. The quantitative estimate of drug-likeness (QED) is 0.640. The highest BCUT2D eigenvalue weighted by Gasteiger charge is 2.20. The van der Waals surface area contributed by atoms with Crippen molar-refractivity contribution < 1.29 is 4.92 Å². The molecule has 1 saturated heterocycles. The number of rotatable bonds is 3. The first-order valence-electron chi connectivity index (χ1n) is 5.90. The van der Waals surface area contributed by atoms with E-state index in [4.69, 9.17) is 5.73 Å². The number of nitrogens with two attached hydrogens (primary N) is 1. The van der Waals surface area contributed by atoms with Crippen molar-refractivity contribution in [3.05, 3.63) is 34.4 Å². The molecule has 1 aliphatic rings. The van der Waals surface area contributed by atoms with Crippen LogP contribution in [0.15, 0.2) is 24.3 Å². The van der Waals surface area contributed by atoms with Crippen LogP contribution in [-0.2, 0) is 0 Å². The average molecular weight is 235 g/mol. The van der Waals surface area contributed by atoms with Gasteiger partial charge in [-0.25, -0.2) is 0 Å². The van der Waals surface area contributed by atoms with E-state index in [2.05, 4.69) is 4.90 Å². The minimum atomic E-state index is -0.353. The lowest BCUT2D eigenvalue weighted by Gasteiger charge is -2.33. The molecule has 17 heavy (non-hydrogen) atoms. The summed E-state index contributed by atoms with van der Waals surface area (Å²) in [5.41, 5.74) is 6.77. The van der Waals surface area contributed by atoms with Crippen molar-refractivity contribution >= 4 is 11.4 Å². The van der Waals surface area contributed by atoms with Gasteiger partial charge in [0, 0.05) is 30.9 Å². The van der Waals surface area contributed by atoms with Crippen molar-refractivity contribution in [2.24, 2.45) is 11.7 Å². The summed E-state index contributed by atoms with van der Waals surface area (Å²) in [6, 6.07) is 6.82. The minimum Gasteiger partial charge on any atom is -0.371 e. The maximum atomic E-state index is 10.7. The van der Waals surface area contributed by atoms with Crippen LogP contribution < -0.4 is 10.6 Å². The van der Waals surface area contributed by atoms with Gasteiger partial charge in [0.1, 0.15) is 0 Å². The minimum absolute atomic E-state index is 0.150. The van der Waals surface area contributed by atoms with Gasteiger partial charge in [0.05, 0.1) is 4.92 Å². The Morgan fingerprint density at radius 1 is 1.53 bits per heavy atom. The largest absolute Gasteiger partial charge is 0.371 e. The molecule has 1 unspecified atom stereocenters. The predicted octanol–water partition coefficient (Wildman–Crippen LogP) is 1.77. The van der Waals surface area contributed by atoms with Crippen molar-refractivity contribution in [1.82, 2.24) is 0 Å². The second-order valence-corrected chi connectivity index (χ2v) is 4.47. The van der Waals surface area contributed by atoms with Gasteiger partial charge in [0.2, 0.25) is 0 Å². The highest BCUT2D eigenvalue weighted by Crippen LogP contribution is 2.25. The van der Waals surface area contributed by atoms with Crippen LogP contribution in [0.3, 0.4) is 0 Å². The van der Waals surface area contributed by atoms with Gasteiger partial charge in [-0.1, -0.05) is 6.07 Å². The maximum absolute atomic E-state index is 10.7. The maximum Gasteiger partial charge on any atom is 0.271 e. The topological polar surface area (TPSA) is 72.4 Å². The van der Waals surface area contributed by atoms with Gasteiger partial charge in [-0.15, -0.1) is 0 Å². The van der Waals surface area contributed by atoms with Gasteiger partial charge in [-0.05, 0) is 31.4 Å². The Labute approximate surface area is 100 Å². The Morgan fingerprint density at radius 2 is 2.35 bits per heavy atom. The van der Waals surface area contributed by atoms with Crippen molar-refractivity contribution in [1.29, 1.82) is 0 Å². The average Bonchev–Trinajstić information content (AvgIpc) is 2.39. The molecule has 5 heteroatoms. The van der Waals surface area contributed by atoms with Gasteiger partial charge < -0.3 is 10.6 Å². The standard InChI is InChI=1S/C12H17N3O2/c13-8-10-3-2-6-14(9-10)11-4-1-5-12(7-11)15(16)17/h1,4-5,7,10H,2-3,6,8-9,13H2. The number of non-ortho nitro benzene ring substituents is 1. The van der Waals surface area contributed by atoms with Gasteiger partial charge in [0.15, 0.2) is 0 Å². The Kier molecular flexibility index (Phi) is 3.58. The molecule has 0 spiro atoms. The fraction of sp³-hybridized carbons (Fsp3) is 0.500. The van der Waals surface area contributed by atoms with Crippen LogP contribution in [0, 0.1) is 16.0 Å².